The molecule has 1 aliphatic rings. The number of nitrogens with zero attached hydrogens (tertiary/aromatic N) is 2. The van der Waals surface area contributed by atoms with Gasteiger partial charge in [-0.3, -0.25) is 9.69 Å². The van der Waals surface area contributed by atoms with Gasteiger partial charge in [0.2, 0.25) is 5.91 Å². The van der Waals surface area contributed by atoms with Crippen molar-refractivity contribution in [3.8, 4) is 5.75 Å². The van der Waals surface area contributed by atoms with E-state index in [1.807, 2.05) is 6.07 Å². The van der Waals surface area contributed by atoms with Gasteiger partial charge >= 0.3 is 0 Å². The maximum atomic E-state index is 11.7. The smallest absolute Gasteiger partial charge is 0.239 e. The van der Waals surface area contributed by atoms with E-state index in [1.165, 1.54) is 0 Å². The number of rotatable bonds is 3. The number of carbonyl (C=O) groups excluding carboxylic acids is 1. The van der Waals surface area contributed by atoms with Crippen molar-refractivity contribution in [3.05, 3.63) is 29.8 Å². The van der Waals surface area contributed by atoms with Crippen LogP contribution in [-0.2, 0) is 4.79 Å². The highest BCUT2D eigenvalue weighted by molar-refractivity contribution is 5.81. The second-order valence-corrected chi connectivity index (χ2v) is 4.74. The minimum absolute atomic E-state index is 0.160. The van der Waals surface area contributed by atoms with E-state index >= 15 is 0 Å². The number of carbonyl (C=O) groups is 1. The maximum Gasteiger partial charge on any atom is 0.239 e. The number of aromatic hydroxyl groups is 1. The lowest BCUT2D eigenvalue weighted by Gasteiger charge is -2.36. The van der Waals surface area contributed by atoms with E-state index in [4.69, 9.17) is 5.73 Å². The zero-order valence-corrected chi connectivity index (χ0v) is 10.5. The van der Waals surface area contributed by atoms with Gasteiger partial charge in [0.1, 0.15) is 11.8 Å². The first-order valence-electron chi connectivity index (χ1n) is 6.09. The minimum Gasteiger partial charge on any atom is -0.508 e. The first-order valence-corrected chi connectivity index (χ1v) is 6.09. The predicted molar refractivity (Wildman–Crippen MR) is 69.1 cm³/mol. The number of piperazine rings is 1. The topological polar surface area (TPSA) is 69.8 Å². The van der Waals surface area contributed by atoms with E-state index in [2.05, 4.69) is 16.8 Å². The molecule has 1 atom stereocenters. The van der Waals surface area contributed by atoms with Gasteiger partial charge in [0.05, 0.1) is 0 Å². The lowest BCUT2D eigenvalue weighted by atomic mass is 10.0. The molecule has 0 bridgehead atoms. The molecule has 5 nitrogen and oxygen atoms in total. The fraction of sp³-hybridized carbons (Fsp3) is 0.462. The highest BCUT2D eigenvalue weighted by atomic mass is 16.3. The minimum atomic E-state index is -0.453. The SMILES string of the molecule is CN1CCN(C(C(N)=O)c2cccc(O)c2)CC1. The third-order valence-electron chi connectivity index (χ3n) is 3.36. The molecule has 3 N–H and O–H groups in total. The van der Waals surface area contributed by atoms with Crippen LogP contribution in [0.15, 0.2) is 24.3 Å². The molecular weight excluding hydrogens is 230 g/mol. The van der Waals surface area contributed by atoms with Gasteiger partial charge in [-0.25, -0.2) is 0 Å². The van der Waals surface area contributed by atoms with Crippen LogP contribution in [0.3, 0.4) is 0 Å². The van der Waals surface area contributed by atoms with Crippen LogP contribution in [0, 0.1) is 0 Å². The second kappa shape index (κ2) is 5.37. The molecule has 98 valence electrons. The Morgan fingerprint density at radius 1 is 1.33 bits per heavy atom. The van der Waals surface area contributed by atoms with Crippen molar-refractivity contribution >= 4 is 5.91 Å². The van der Waals surface area contributed by atoms with Gasteiger partial charge in [-0.2, -0.15) is 0 Å². The van der Waals surface area contributed by atoms with E-state index in [0.717, 1.165) is 31.7 Å². The number of phenols is 1. The van der Waals surface area contributed by atoms with Crippen LogP contribution in [0.4, 0.5) is 0 Å². The fourth-order valence-corrected chi connectivity index (χ4v) is 2.33. The van der Waals surface area contributed by atoms with E-state index in [1.54, 1.807) is 18.2 Å². The molecule has 2 rings (SSSR count). The Morgan fingerprint density at radius 3 is 2.56 bits per heavy atom. The number of hydrogen-bond donors (Lipinski definition) is 2. The number of hydrogen-bond acceptors (Lipinski definition) is 4. The first-order chi connectivity index (χ1) is 8.58. The van der Waals surface area contributed by atoms with Gasteiger partial charge in [0.25, 0.3) is 0 Å². The van der Waals surface area contributed by atoms with Crippen LogP contribution in [0.2, 0.25) is 0 Å². The Balaban J connectivity index is 2.21. The van der Waals surface area contributed by atoms with Crippen LogP contribution in [0.25, 0.3) is 0 Å². The van der Waals surface area contributed by atoms with Crippen molar-refractivity contribution in [2.24, 2.45) is 5.73 Å². The molecule has 5 heteroatoms. The number of amides is 1. The summed E-state index contributed by atoms with van der Waals surface area (Å²) in [5.41, 5.74) is 6.26. The van der Waals surface area contributed by atoms with E-state index in [9.17, 15) is 9.90 Å². The first kappa shape index (κ1) is 12.9. The average molecular weight is 249 g/mol. The summed E-state index contributed by atoms with van der Waals surface area (Å²) in [5.74, 6) is -0.210. The summed E-state index contributed by atoms with van der Waals surface area (Å²) in [6.07, 6.45) is 0. The molecule has 0 spiro atoms. The van der Waals surface area contributed by atoms with Gasteiger partial charge in [0.15, 0.2) is 0 Å². The molecule has 0 aromatic heterocycles. The molecule has 18 heavy (non-hydrogen) atoms. The fourth-order valence-electron chi connectivity index (χ4n) is 2.33. The van der Waals surface area contributed by atoms with Crippen molar-refractivity contribution < 1.29 is 9.90 Å². The number of primary amides is 1. The highest BCUT2D eigenvalue weighted by Gasteiger charge is 2.28. The highest BCUT2D eigenvalue weighted by Crippen LogP contribution is 2.24. The number of benzene rings is 1. The standard InChI is InChI=1S/C13H19N3O2/c1-15-5-7-16(8-6-15)12(13(14)18)10-3-2-4-11(17)9-10/h2-4,9,12,17H,5-8H2,1H3,(H2,14,18). The molecule has 1 aromatic carbocycles. The Labute approximate surface area is 107 Å². The van der Waals surface area contributed by atoms with E-state index in [-0.39, 0.29) is 11.7 Å². The third-order valence-corrected chi connectivity index (χ3v) is 3.36. The normalized spacial score (nSPS) is 19.6. The monoisotopic (exact) mass is 249 g/mol. The quantitative estimate of drug-likeness (QED) is 0.801. The van der Waals surface area contributed by atoms with Gasteiger partial charge < -0.3 is 15.7 Å². The van der Waals surface area contributed by atoms with Crippen molar-refractivity contribution in [1.29, 1.82) is 0 Å². The second-order valence-electron chi connectivity index (χ2n) is 4.74. The van der Waals surface area contributed by atoms with Crippen molar-refractivity contribution in [3.63, 3.8) is 0 Å². The molecule has 1 heterocycles. The van der Waals surface area contributed by atoms with E-state index in [0.29, 0.717) is 0 Å². The van der Waals surface area contributed by atoms with Gasteiger partial charge in [-0.15, -0.1) is 0 Å². The molecule has 1 aromatic rings. The Hall–Kier alpha value is -1.59. The summed E-state index contributed by atoms with van der Waals surface area (Å²) in [6.45, 7) is 3.45. The summed E-state index contributed by atoms with van der Waals surface area (Å²) in [6, 6.07) is 6.30. The van der Waals surface area contributed by atoms with Crippen LogP contribution < -0.4 is 5.73 Å². The van der Waals surface area contributed by atoms with E-state index < -0.39 is 6.04 Å². The molecule has 1 saturated heterocycles. The third kappa shape index (κ3) is 2.80. The molecule has 0 aliphatic carbocycles. The zero-order valence-electron chi connectivity index (χ0n) is 10.5. The van der Waals surface area contributed by atoms with Crippen molar-refractivity contribution in [2.45, 2.75) is 6.04 Å². The Morgan fingerprint density at radius 2 is 2.00 bits per heavy atom. The summed E-state index contributed by atoms with van der Waals surface area (Å²) in [7, 11) is 2.06. The lowest BCUT2D eigenvalue weighted by Crippen LogP contribution is -2.49. The van der Waals surface area contributed by atoms with Gasteiger partial charge in [-0.1, -0.05) is 12.1 Å². The zero-order chi connectivity index (χ0) is 13.1. The van der Waals surface area contributed by atoms with Gasteiger partial charge in [-0.05, 0) is 24.7 Å². The number of likely N-dealkylation sites (N-methyl/N-ethyl adjacent to an activating group) is 1. The largest absolute Gasteiger partial charge is 0.508 e. The summed E-state index contributed by atoms with van der Waals surface area (Å²) in [4.78, 5) is 16.0. The molecule has 1 fully saturated rings. The van der Waals surface area contributed by atoms with Crippen LogP contribution in [0.5, 0.6) is 5.75 Å². The molecule has 1 amide bonds. The van der Waals surface area contributed by atoms with Gasteiger partial charge in [0, 0.05) is 26.2 Å². The van der Waals surface area contributed by atoms with Crippen LogP contribution in [-0.4, -0.2) is 54.0 Å². The molecule has 0 radical (unpaired) electrons. The number of nitrogens with two attached hydrogens (primary N) is 1. The van der Waals surface area contributed by atoms with Crippen LogP contribution in [0.1, 0.15) is 11.6 Å². The average Bonchev–Trinajstić information content (AvgIpc) is 2.32. The lowest BCUT2D eigenvalue weighted by molar-refractivity contribution is -0.124. The Bertz CT molecular complexity index is 428. The maximum absolute atomic E-state index is 11.7. The molecular formula is C13H19N3O2. The summed E-state index contributed by atoms with van der Waals surface area (Å²) in [5, 5.41) is 9.51. The molecule has 0 saturated carbocycles. The number of phenolic OH excluding ortho intramolecular Hbond substituents is 1. The Kier molecular flexibility index (Phi) is 3.84. The molecule has 1 aliphatic heterocycles. The predicted octanol–water partition coefficient (Wildman–Crippen LogP) is 0.166. The summed E-state index contributed by atoms with van der Waals surface area (Å²) < 4.78 is 0. The molecule has 1 unspecified atom stereocenters. The summed E-state index contributed by atoms with van der Waals surface area (Å²) >= 11 is 0. The van der Waals surface area contributed by atoms with Crippen molar-refractivity contribution in [2.75, 3.05) is 33.2 Å². The van der Waals surface area contributed by atoms with Crippen LogP contribution >= 0.6 is 0 Å². The van der Waals surface area contributed by atoms with Crippen molar-refractivity contribution in [1.82, 2.24) is 9.80 Å².